The van der Waals surface area contributed by atoms with Crippen LogP contribution < -0.4 is 10.5 Å². The van der Waals surface area contributed by atoms with E-state index in [-0.39, 0.29) is 16.9 Å². The molecule has 0 fully saturated rings. The van der Waals surface area contributed by atoms with Gasteiger partial charge in [-0.1, -0.05) is 34.6 Å². The van der Waals surface area contributed by atoms with Gasteiger partial charge in [-0.05, 0) is 6.07 Å². The lowest BCUT2D eigenvalue weighted by atomic mass is 9.92. The van der Waals surface area contributed by atoms with Gasteiger partial charge in [-0.15, -0.1) is 0 Å². The largest absolute Gasteiger partial charge is 0.437 e. The summed E-state index contributed by atoms with van der Waals surface area (Å²) in [5, 5.41) is 0. The maximum atomic E-state index is 11.2. The number of aromatic nitrogens is 3. The maximum absolute atomic E-state index is 11.2. The number of hydrogen-bond donors (Lipinski definition) is 1. The van der Waals surface area contributed by atoms with Gasteiger partial charge in [0.15, 0.2) is 0 Å². The number of hydrogen-bond acceptors (Lipinski definition) is 5. The summed E-state index contributed by atoms with van der Waals surface area (Å²) >= 11 is 0. The summed E-state index contributed by atoms with van der Waals surface area (Å²) in [6.45, 7) is 10.3. The number of rotatable bonds is 4. The second-order valence-electron chi connectivity index (χ2n) is 6.73. The van der Waals surface area contributed by atoms with E-state index in [1.807, 2.05) is 19.9 Å². The smallest absolute Gasteiger partial charge is 0.250 e. The molecule has 2 aromatic heterocycles. The Morgan fingerprint density at radius 3 is 2.43 bits per heavy atom. The lowest BCUT2D eigenvalue weighted by Crippen LogP contribution is -2.16. The van der Waals surface area contributed by atoms with Crippen molar-refractivity contribution in [3.05, 3.63) is 41.6 Å². The highest BCUT2D eigenvalue weighted by atomic mass is 16.5. The molecule has 0 spiro atoms. The Kier molecular flexibility index (Phi) is 4.63. The summed E-state index contributed by atoms with van der Waals surface area (Å²) in [6, 6.07) is 3.35. The zero-order valence-corrected chi connectivity index (χ0v) is 14.1. The molecule has 6 nitrogen and oxygen atoms in total. The molecule has 23 heavy (non-hydrogen) atoms. The predicted molar refractivity (Wildman–Crippen MR) is 87.6 cm³/mol. The third-order valence-electron chi connectivity index (χ3n) is 3.22. The van der Waals surface area contributed by atoms with E-state index in [0.29, 0.717) is 17.5 Å². The van der Waals surface area contributed by atoms with E-state index in [0.717, 1.165) is 5.69 Å². The molecule has 0 aliphatic heterocycles. The second kappa shape index (κ2) is 6.32. The van der Waals surface area contributed by atoms with Gasteiger partial charge in [0.2, 0.25) is 11.8 Å². The van der Waals surface area contributed by atoms with E-state index in [1.54, 1.807) is 6.07 Å². The number of amides is 1. The van der Waals surface area contributed by atoms with E-state index in [1.165, 1.54) is 12.4 Å². The summed E-state index contributed by atoms with van der Waals surface area (Å²) in [6.07, 6.45) is 2.91. The Morgan fingerprint density at radius 1 is 1.17 bits per heavy atom. The van der Waals surface area contributed by atoms with Crippen molar-refractivity contribution in [3.63, 3.8) is 0 Å². The lowest BCUT2D eigenvalue weighted by Gasteiger charge is -2.20. The van der Waals surface area contributed by atoms with Crippen LogP contribution in [0.25, 0.3) is 0 Å². The Bertz CT molecular complexity index is 721. The molecule has 0 unspecified atom stereocenters. The Morgan fingerprint density at radius 2 is 1.87 bits per heavy atom. The molecule has 0 aliphatic carbocycles. The fourth-order valence-electron chi connectivity index (χ4n) is 1.87. The van der Waals surface area contributed by atoms with Crippen LogP contribution in [0.15, 0.2) is 24.5 Å². The molecule has 0 atom stereocenters. The topological polar surface area (TPSA) is 91.0 Å². The van der Waals surface area contributed by atoms with Gasteiger partial charge in [0.1, 0.15) is 11.6 Å². The van der Waals surface area contributed by atoms with E-state index in [2.05, 4.69) is 35.7 Å². The Hall–Kier alpha value is -2.50. The van der Waals surface area contributed by atoms with Gasteiger partial charge >= 0.3 is 0 Å². The quantitative estimate of drug-likeness (QED) is 0.935. The van der Waals surface area contributed by atoms with Crippen molar-refractivity contribution >= 4 is 5.91 Å². The minimum Gasteiger partial charge on any atom is -0.437 e. The molecule has 2 N–H and O–H groups in total. The first kappa shape index (κ1) is 16.9. The van der Waals surface area contributed by atoms with Gasteiger partial charge in [0.25, 0.3) is 0 Å². The number of pyridine rings is 1. The van der Waals surface area contributed by atoms with E-state index >= 15 is 0 Å². The third-order valence-corrected chi connectivity index (χ3v) is 3.22. The van der Waals surface area contributed by atoms with Crippen LogP contribution in [-0.4, -0.2) is 20.9 Å². The Labute approximate surface area is 136 Å². The first-order chi connectivity index (χ1) is 10.7. The minimum absolute atomic E-state index is 0.127. The van der Waals surface area contributed by atoms with E-state index in [9.17, 15) is 4.79 Å². The molecule has 0 aliphatic rings. The molecule has 6 heteroatoms. The zero-order valence-electron chi connectivity index (χ0n) is 14.1. The molecule has 0 saturated heterocycles. The van der Waals surface area contributed by atoms with Crippen molar-refractivity contribution < 1.29 is 9.53 Å². The Balaban J connectivity index is 2.41. The van der Waals surface area contributed by atoms with Crippen molar-refractivity contribution in [1.82, 2.24) is 15.0 Å². The van der Waals surface area contributed by atoms with Crippen molar-refractivity contribution in [2.45, 2.75) is 46.0 Å². The fraction of sp³-hybridized carbons (Fsp3) is 0.412. The summed E-state index contributed by atoms with van der Waals surface area (Å²) < 4.78 is 5.77. The molecular formula is C17H22N4O2. The average Bonchev–Trinajstić information content (AvgIpc) is 2.46. The van der Waals surface area contributed by atoms with Crippen LogP contribution in [0, 0.1) is 0 Å². The van der Waals surface area contributed by atoms with Crippen LogP contribution in [0.5, 0.6) is 11.6 Å². The number of nitrogens with two attached hydrogens (primary N) is 1. The molecule has 2 heterocycles. The monoisotopic (exact) mass is 314 g/mol. The average molecular weight is 314 g/mol. The van der Waals surface area contributed by atoms with Crippen LogP contribution in [0.3, 0.4) is 0 Å². The molecular weight excluding hydrogens is 292 g/mol. The molecule has 0 bridgehead atoms. The van der Waals surface area contributed by atoms with Gasteiger partial charge in [0.05, 0.1) is 17.5 Å². The molecule has 122 valence electrons. The van der Waals surface area contributed by atoms with Crippen molar-refractivity contribution in [1.29, 1.82) is 0 Å². The lowest BCUT2D eigenvalue weighted by molar-refractivity contribution is 0.0999. The van der Waals surface area contributed by atoms with Crippen molar-refractivity contribution in [3.8, 4) is 11.6 Å². The normalized spacial score (nSPS) is 11.6. The fourth-order valence-corrected chi connectivity index (χ4v) is 1.87. The highest BCUT2D eigenvalue weighted by molar-refractivity contribution is 5.92. The maximum Gasteiger partial charge on any atom is 0.250 e. The highest BCUT2D eigenvalue weighted by Gasteiger charge is 2.20. The van der Waals surface area contributed by atoms with Crippen LogP contribution in [-0.2, 0) is 5.41 Å². The van der Waals surface area contributed by atoms with Crippen LogP contribution in [0.1, 0.15) is 62.4 Å². The molecule has 2 aromatic rings. The highest BCUT2D eigenvalue weighted by Crippen LogP contribution is 2.27. The van der Waals surface area contributed by atoms with Crippen LogP contribution in [0.4, 0.5) is 0 Å². The second-order valence-corrected chi connectivity index (χ2v) is 6.73. The summed E-state index contributed by atoms with van der Waals surface area (Å²) in [7, 11) is 0. The molecule has 0 radical (unpaired) electrons. The number of carbonyl (C=O) groups is 1. The molecule has 2 rings (SSSR count). The standard InChI is InChI=1S/C17H22N4O2/c1-10(2)16-20-13(17(3,4)5)7-14(21-16)23-12-6-11(15(18)22)8-19-9-12/h6-10H,1-5H3,(H2,18,22). The molecule has 1 amide bonds. The van der Waals surface area contributed by atoms with Crippen molar-refractivity contribution in [2.24, 2.45) is 5.73 Å². The first-order valence-electron chi connectivity index (χ1n) is 7.49. The minimum atomic E-state index is -0.552. The number of carbonyl (C=O) groups excluding carboxylic acids is 1. The van der Waals surface area contributed by atoms with Gasteiger partial charge < -0.3 is 10.5 Å². The van der Waals surface area contributed by atoms with E-state index in [4.69, 9.17) is 10.5 Å². The van der Waals surface area contributed by atoms with Gasteiger partial charge in [-0.3, -0.25) is 9.78 Å². The van der Waals surface area contributed by atoms with E-state index < -0.39 is 5.91 Å². The third kappa shape index (κ3) is 4.25. The number of nitrogens with zero attached hydrogens (tertiary/aromatic N) is 3. The summed E-state index contributed by atoms with van der Waals surface area (Å²) in [5.41, 5.74) is 6.32. The number of ether oxygens (including phenoxy) is 1. The van der Waals surface area contributed by atoms with Gasteiger partial charge in [-0.2, -0.15) is 4.98 Å². The van der Waals surface area contributed by atoms with Gasteiger partial charge in [-0.25, -0.2) is 4.98 Å². The van der Waals surface area contributed by atoms with Gasteiger partial charge in [0, 0.05) is 23.6 Å². The van der Waals surface area contributed by atoms with Crippen LogP contribution >= 0.6 is 0 Å². The van der Waals surface area contributed by atoms with Crippen molar-refractivity contribution in [2.75, 3.05) is 0 Å². The molecule has 0 saturated carbocycles. The number of primary amides is 1. The predicted octanol–water partition coefficient (Wildman–Crippen LogP) is 3.18. The SMILES string of the molecule is CC(C)c1nc(Oc2cncc(C(N)=O)c2)cc(C(C)(C)C)n1. The zero-order chi connectivity index (χ0) is 17.2. The van der Waals surface area contributed by atoms with Crippen LogP contribution in [0.2, 0.25) is 0 Å². The summed E-state index contributed by atoms with van der Waals surface area (Å²) in [4.78, 5) is 24.2. The first-order valence-corrected chi connectivity index (χ1v) is 7.49. The summed E-state index contributed by atoms with van der Waals surface area (Å²) in [5.74, 6) is 1.18. The molecule has 0 aromatic carbocycles.